The summed E-state index contributed by atoms with van der Waals surface area (Å²) >= 11 is 0. The molecule has 0 bridgehead atoms. The van der Waals surface area contributed by atoms with Gasteiger partial charge in [-0.1, -0.05) is 79.2 Å². The van der Waals surface area contributed by atoms with Crippen LogP contribution in [0.15, 0.2) is 72.3 Å². The van der Waals surface area contributed by atoms with Crippen molar-refractivity contribution in [1.82, 2.24) is 4.90 Å². The van der Waals surface area contributed by atoms with E-state index in [4.69, 9.17) is 0 Å². The molecule has 0 saturated carbocycles. The molecule has 0 aromatic heterocycles. The van der Waals surface area contributed by atoms with E-state index >= 15 is 0 Å². The highest BCUT2D eigenvalue weighted by Crippen LogP contribution is 2.33. The summed E-state index contributed by atoms with van der Waals surface area (Å²) < 4.78 is -0.132. The van der Waals surface area contributed by atoms with E-state index in [1.807, 2.05) is 24.3 Å². The minimum atomic E-state index is -0.132. The van der Waals surface area contributed by atoms with Crippen molar-refractivity contribution in [2.75, 3.05) is 13.2 Å². The molecule has 1 fully saturated rings. The fourth-order valence-corrected chi connectivity index (χ4v) is 4.40. The zero-order valence-electron chi connectivity index (χ0n) is 17.6. The summed E-state index contributed by atoms with van der Waals surface area (Å²) in [5, 5.41) is 14.0. The highest BCUT2D eigenvalue weighted by molar-refractivity contribution is 5.15. The second-order valence-corrected chi connectivity index (χ2v) is 8.64. The highest BCUT2D eigenvalue weighted by atomic mass is 16.6. The van der Waals surface area contributed by atoms with Crippen molar-refractivity contribution in [1.29, 1.82) is 0 Å². The Morgan fingerprint density at radius 3 is 2.29 bits per heavy atom. The van der Waals surface area contributed by atoms with Gasteiger partial charge in [-0.2, -0.15) is 0 Å². The van der Waals surface area contributed by atoms with Crippen LogP contribution in [0.5, 0.6) is 0 Å². The molecule has 1 heterocycles. The standard InChI is InChI=1S/C25H34N2O/c1-21(2)11-10-12-22(3)25-18-26(17-23-13-6-4-7-14-23)20-27(25,28)19-24-15-8-5-9-16-24/h4-9,11,13-16,22,25H,10,12,17-20H2,1-3H3. The zero-order chi connectivity index (χ0) is 20.0. The maximum absolute atomic E-state index is 14.0. The second-order valence-electron chi connectivity index (χ2n) is 8.64. The van der Waals surface area contributed by atoms with Crippen LogP contribution in [0.1, 0.15) is 44.7 Å². The van der Waals surface area contributed by atoms with E-state index < -0.39 is 0 Å². The van der Waals surface area contributed by atoms with Crippen molar-refractivity contribution >= 4 is 0 Å². The first-order valence-electron chi connectivity index (χ1n) is 10.5. The molecule has 2 aromatic carbocycles. The van der Waals surface area contributed by atoms with Crippen molar-refractivity contribution in [2.24, 2.45) is 5.92 Å². The SMILES string of the molecule is CC(C)=CCCC(C)C1CN(Cc2ccccc2)C[N+]1([O-])Cc1ccccc1. The predicted octanol–water partition coefficient (Wildman–Crippen LogP) is 5.73. The molecule has 3 unspecified atom stereocenters. The lowest BCUT2D eigenvalue weighted by atomic mass is 9.94. The largest absolute Gasteiger partial charge is 0.631 e. The molecule has 3 rings (SSSR count). The molecule has 0 aliphatic carbocycles. The van der Waals surface area contributed by atoms with Crippen LogP contribution in [-0.4, -0.2) is 28.8 Å². The maximum atomic E-state index is 14.0. The number of allylic oxidation sites excluding steroid dienone is 2. The smallest absolute Gasteiger partial charge is 0.135 e. The lowest BCUT2D eigenvalue weighted by molar-refractivity contribution is -0.912. The Labute approximate surface area is 170 Å². The first kappa shape index (κ1) is 20.8. The lowest BCUT2D eigenvalue weighted by Crippen LogP contribution is -2.49. The summed E-state index contributed by atoms with van der Waals surface area (Å²) in [5.74, 6) is 0.401. The predicted molar refractivity (Wildman–Crippen MR) is 117 cm³/mol. The zero-order valence-corrected chi connectivity index (χ0v) is 17.6. The number of hydrogen-bond donors (Lipinski definition) is 0. The highest BCUT2D eigenvalue weighted by Gasteiger charge is 2.42. The van der Waals surface area contributed by atoms with E-state index in [9.17, 15) is 5.21 Å². The van der Waals surface area contributed by atoms with Crippen LogP contribution < -0.4 is 0 Å². The van der Waals surface area contributed by atoms with Gasteiger partial charge in [0, 0.05) is 18.0 Å². The van der Waals surface area contributed by atoms with Gasteiger partial charge in [-0.15, -0.1) is 0 Å². The summed E-state index contributed by atoms with van der Waals surface area (Å²) in [6, 6.07) is 20.9. The molecule has 1 aliphatic rings. The Hall–Kier alpha value is -1.94. The molecule has 0 N–H and O–H groups in total. The van der Waals surface area contributed by atoms with E-state index in [0.717, 1.165) is 31.5 Å². The fourth-order valence-electron chi connectivity index (χ4n) is 4.40. The summed E-state index contributed by atoms with van der Waals surface area (Å²) in [6.45, 7) is 9.42. The van der Waals surface area contributed by atoms with Gasteiger partial charge < -0.3 is 9.85 Å². The van der Waals surface area contributed by atoms with E-state index in [2.05, 4.69) is 68.1 Å². The molecule has 3 atom stereocenters. The number of quaternary nitrogens is 1. The number of nitrogens with zero attached hydrogens (tertiary/aromatic N) is 2. The second kappa shape index (κ2) is 9.51. The minimum absolute atomic E-state index is 0.120. The van der Waals surface area contributed by atoms with Crippen molar-refractivity contribution < 1.29 is 4.65 Å². The van der Waals surface area contributed by atoms with Crippen LogP contribution >= 0.6 is 0 Å². The van der Waals surface area contributed by atoms with Crippen molar-refractivity contribution in [2.45, 2.75) is 52.7 Å². The first-order chi connectivity index (χ1) is 13.5. The van der Waals surface area contributed by atoms with Crippen molar-refractivity contribution in [3.05, 3.63) is 88.6 Å². The Morgan fingerprint density at radius 2 is 1.68 bits per heavy atom. The third-order valence-electron chi connectivity index (χ3n) is 5.86. The quantitative estimate of drug-likeness (QED) is 0.333. The van der Waals surface area contributed by atoms with Gasteiger partial charge in [0.05, 0.1) is 6.54 Å². The van der Waals surface area contributed by atoms with Gasteiger partial charge >= 0.3 is 0 Å². The van der Waals surface area contributed by atoms with Gasteiger partial charge in [0.2, 0.25) is 0 Å². The Kier molecular flexibility index (Phi) is 7.06. The van der Waals surface area contributed by atoms with Crippen LogP contribution in [-0.2, 0) is 13.1 Å². The van der Waals surface area contributed by atoms with Gasteiger partial charge in [0.25, 0.3) is 0 Å². The molecule has 150 valence electrons. The van der Waals surface area contributed by atoms with Crippen LogP contribution in [0.3, 0.4) is 0 Å². The molecule has 1 aliphatic heterocycles. The molecular formula is C25H34N2O. The molecule has 3 heteroatoms. The van der Waals surface area contributed by atoms with Gasteiger partial charge in [-0.3, -0.25) is 0 Å². The van der Waals surface area contributed by atoms with E-state index in [0.29, 0.717) is 19.1 Å². The van der Waals surface area contributed by atoms with Gasteiger partial charge in [-0.05, 0) is 32.3 Å². The Balaban J connectivity index is 1.75. The fraction of sp³-hybridized carbons (Fsp3) is 0.440. The molecule has 0 radical (unpaired) electrons. The average molecular weight is 379 g/mol. The Bertz CT molecular complexity index is 755. The molecule has 1 saturated heterocycles. The lowest BCUT2D eigenvalue weighted by Gasteiger charge is -2.45. The Morgan fingerprint density at radius 1 is 1.07 bits per heavy atom. The van der Waals surface area contributed by atoms with Crippen molar-refractivity contribution in [3.8, 4) is 0 Å². The van der Waals surface area contributed by atoms with Gasteiger partial charge in [-0.25, -0.2) is 4.90 Å². The van der Waals surface area contributed by atoms with Crippen LogP contribution in [0, 0.1) is 11.1 Å². The molecule has 0 spiro atoms. The number of hydroxylamine groups is 3. The number of benzene rings is 2. The third kappa shape index (κ3) is 5.54. The van der Waals surface area contributed by atoms with Crippen LogP contribution in [0.2, 0.25) is 0 Å². The van der Waals surface area contributed by atoms with Gasteiger partial charge in [0.15, 0.2) is 0 Å². The number of rotatable bonds is 8. The van der Waals surface area contributed by atoms with Crippen LogP contribution in [0.4, 0.5) is 0 Å². The van der Waals surface area contributed by atoms with Crippen LogP contribution in [0.25, 0.3) is 0 Å². The van der Waals surface area contributed by atoms with Crippen molar-refractivity contribution in [3.63, 3.8) is 0 Å². The minimum Gasteiger partial charge on any atom is -0.631 e. The van der Waals surface area contributed by atoms with Gasteiger partial charge in [0.1, 0.15) is 19.3 Å². The first-order valence-corrected chi connectivity index (χ1v) is 10.5. The van der Waals surface area contributed by atoms with E-state index in [-0.39, 0.29) is 10.7 Å². The summed E-state index contributed by atoms with van der Waals surface area (Å²) in [7, 11) is 0. The summed E-state index contributed by atoms with van der Waals surface area (Å²) in [6.07, 6.45) is 4.43. The van der Waals surface area contributed by atoms with E-state index in [1.165, 1.54) is 11.1 Å². The summed E-state index contributed by atoms with van der Waals surface area (Å²) in [4.78, 5) is 2.35. The monoisotopic (exact) mass is 378 g/mol. The molecule has 0 amide bonds. The molecule has 3 nitrogen and oxygen atoms in total. The molecule has 28 heavy (non-hydrogen) atoms. The number of hydrogen-bond acceptors (Lipinski definition) is 2. The topological polar surface area (TPSA) is 26.3 Å². The average Bonchev–Trinajstić information content (AvgIpc) is 2.98. The third-order valence-corrected chi connectivity index (χ3v) is 5.86. The summed E-state index contributed by atoms with van der Waals surface area (Å²) in [5.41, 5.74) is 3.78. The molecular weight excluding hydrogens is 344 g/mol. The van der Waals surface area contributed by atoms with E-state index in [1.54, 1.807) is 0 Å². The normalized spacial score (nSPS) is 23.5. The molecule has 2 aromatic rings. The maximum Gasteiger partial charge on any atom is 0.135 e.